The third-order valence-corrected chi connectivity index (χ3v) is 6.24. The Bertz CT molecular complexity index is 833. The Morgan fingerprint density at radius 3 is 2.85 bits per heavy atom. The molecule has 1 amide bonds. The van der Waals surface area contributed by atoms with Crippen molar-refractivity contribution in [2.45, 2.75) is 31.7 Å². The van der Waals surface area contributed by atoms with E-state index in [0.717, 1.165) is 37.2 Å². The van der Waals surface area contributed by atoms with Crippen molar-refractivity contribution >= 4 is 27.5 Å². The molecule has 0 aliphatic carbocycles. The molecule has 6 heteroatoms. The van der Waals surface area contributed by atoms with Gasteiger partial charge in [-0.15, -0.1) is 11.3 Å². The van der Waals surface area contributed by atoms with Crippen molar-refractivity contribution < 1.29 is 9.21 Å². The number of benzene rings is 1. The van der Waals surface area contributed by atoms with Gasteiger partial charge in [-0.1, -0.05) is 12.1 Å². The standard InChI is InChI=1S/C20H23N3O2S/c1-14(17-6-4-12-25-17)21-13-19(24)23-10-8-15(9-11-23)20-22-16-5-2-3-7-18(16)26-20/h2-7,12,14-15,21H,8-11,13H2,1H3/t14-/m1/s1. The highest BCUT2D eigenvalue weighted by atomic mass is 32.1. The maximum absolute atomic E-state index is 12.5. The zero-order valence-electron chi connectivity index (χ0n) is 14.9. The molecule has 2 aromatic heterocycles. The molecular weight excluding hydrogens is 346 g/mol. The first-order valence-corrected chi connectivity index (χ1v) is 9.92. The Kier molecular flexibility index (Phi) is 5.04. The number of fused-ring (bicyclic) bond motifs is 1. The molecule has 1 atom stereocenters. The fraction of sp³-hybridized carbons (Fsp3) is 0.400. The van der Waals surface area contributed by atoms with E-state index in [0.29, 0.717) is 12.5 Å². The van der Waals surface area contributed by atoms with Crippen LogP contribution in [0.15, 0.2) is 47.1 Å². The summed E-state index contributed by atoms with van der Waals surface area (Å²) in [5.74, 6) is 1.48. The number of nitrogens with one attached hydrogen (secondary N) is 1. The zero-order chi connectivity index (χ0) is 17.9. The van der Waals surface area contributed by atoms with Crippen molar-refractivity contribution in [3.63, 3.8) is 0 Å². The number of hydrogen-bond acceptors (Lipinski definition) is 5. The number of hydrogen-bond donors (Lipinski definition) is 1. The summed E-state index contributed by atoms with van der Waals surface area (Å²) < 4.78 is 6.62. The summed E-state index contributed by atoms with van der Waals surface area (Å²) in [5, 5.41) is 4.46. The first-order valence-electron chi connectivity index (χ1n) is 9.11. The van der Waals surface area contributed by atoms with E-state index in [2.05, 4.69) is 23.5 Å². The first kappa shape index (κ1) is 17.2. The second-order valence-electron chi connectivity index (χ2n) is 6.79. The van der Waals surface area contributed by atoms with Gasteiger partial charge in [0, 0.05) is 19.0 Å². The molecule has 1 N–H and O–H groups in total. The lowest BCUT2D eigenvalue weighted by atomic mass is 9.97. The molecule has 1 aromatic carbocycles. The fourth-order valence-electron chi connectivity index (χ4n) is 3.43. The highest BCUT2D eigenvalue weighted by Crippen LogP contribution is 2.33. The van der Waals surface area contributed by atoms with Crippen molar-refractivity contribution in [3.05, 3.63) is 53.4 Å². The molecule has 3 aromatic rings. The van der Waals surface area contributed by atoms with Crippen LogP contribution >= 0.6 is 11.3 Å². The van der Waals surface area contributed by atoms with Gasteiger partial charge in [0.15, 0.2) is 0 Å². The molecule has 0 bridgehead atoms. The van der Waals surface area contributed by atoms with Crippen LogP contribution in [0.5, 0.6) is 0 Å². The topological polar surface area (TPSA) is 58.4 Å². The van der Waals surface area contributed by atoms with Gasteiger partial charge in [0.25, 0.3) is 0 Å². The number of para-hydroxylation sites is 1. The molecule has 1 saturated heterocycles. The number of aromatic nitrogens is 1. The van der Waals surface area contributed by atoms with Gasteiger partial charge >= 0.3 is 0 Å². The van der Waals surface area contributed by atoms with Crippen LogP contribution in [0, 0.1) is 0 Å². The number of thiazole rings is 1. The lowest BCUT2D eigenvalue weighted by molar-refractivity contribution is -0.131. The van der Waals surface area contributed by atoms with Crippen LogP contribution in [0.1, 0.15) is 42.5 Å². The molecule has 0 spiro atoms. The molecule has 1 fully saturated rings. The third-order valence-electron chi connectivity index (χ3n) is 5.04. The number of nitrogens with zero attached hydrogens (tertiary/aromatic N) is 2. The Morgan fingerprint density at radius 2 is 2.12 bits per heavy atom. The van der Waals surface area contributed by atoms with Gasteiger partial charge in [0.05, 0.1) is 34.1 Å². The molecular formula is C20H23N3O2S. The number of likely N-dealkylation sites (tertiary alicyclic amines) is 1. The third kappa shape index (κ3) is 3.66. The molecule has 1 aliphatic heterocycles. The minimum absolute atomic E-state index is 0.0363. The summed E-state index contributed by atoms with van der Waals surface area (Å²) >= 11 is 1.79. The second kappa shape index (κ2) is 7.60. The molecule has 1 aliphatic rings. The average molecular weight is 369 g/mol. The highest BCUT2D eigenvalue weighted by Gasteiger charge is 2.26. The summed E-state index contributed by atoms with van der Waals surface area (Å²) in [7, 11) is 0. The van der Waals surface area contributed by atoms with Crippen LogP contribution in [-0.4, -0.2) is 35.4 Å². The van der Waals surface area contributed by atoms with Gasteiger partial charge in [0.2, 0.25) is 5.91 Å². The van der Waals surface area contributed by atoms with Crippen LogP contribution in [0.3, 0.4) is 0 Å². The lowest BCUT2D eigenvalue weighted by Gasteiger charge is -2.31. The second-order valence-corrected chi connectivity index (χ2v) is 7.86. The van der Waals surface area contributed by atoms with E-state index in [9.17, 15) is 4.79 Å². The molecule has 0 saturated carbocycles. The maximum atomic E-state index is 12.5. The summed E-state index contributed by atoms with van der Waals surface area (Å²) in [4.78, 5) is 19.2. The van der Waals surface area contributed by atoms with Gasteiger partial charge in [-0.05, 0) is 44.0 Å². The molecule has 26 heavy (non-hydrogen) atoms. The van der Waals surface area contributed by atoms with Crippen LogP contribution in [-0.2, 0) is 4.79 Å². The average Bonchev–Trinajstić information content (AvgIpc) is 3.35. The number of carbonyl (C=O) groups is 1. The number of furan rings is 1. The molecule has 3 heterocycles. The van der Waals surface area contributed by atoms with Crippen molar-refractivity contribution in [1.29, 1.82) is 0 Å². The summed E-state index contributed by atoms with van der Waals surface area (Å²) in [6, 6.07) is 12.1. The van der Waals surface area contributed by atoms with E-state index in [1.165, 1.54) is 9.71 Å². The number of carbonyl (C=O) groups excluding carboxylic acids is 1. The SMILES string of the molecule is C[C@@H](NCC(=O)N1CCC(c2nc3ccccc3s2)CC1)c1ccco1. The lowest BCUT2D eigenvalue weighted by Crippen LogP contribution is -2.42. The van der Waals surface area contributed by atoms with Gasteiger partial charge in [-0.3, -0.25) is 10.1 Å². The van der Waals surface area contributed by atoms with Crippen LogP contribution < -0.4 is 5.32 Å². The van der Waals surface area contributed by atoms with Gasteiger partial charge in [-0.25, -0.2) is 4.98 Å². The Morgan fingerprint density at radius 1 is 1.31 bits per heavy atom. The van der Waals surface area contributed by atoms with Gasteiger partial charge in [0.1, 0.15) is 5.76 Å². The zero-order valence-corrected chi connectivity index (χ0v) is 15.7. The van der Waals surface area contributed by atoms with E-state index in [1.54, 1.807) is 17.6 Å². The largest absolute Gasteiger partial charge is 0.468 e. The maximum Gasteiger partial charge on any atom is 0.236 e. The van der Waals surface area contributed by atoms with Crippen LogP contribution in [0.2, 0.25) is 0 Å². The monoisotopic (exact) mass is 369 g/mol. The van der Waals surface area contributed by atoms with Crippen molar-refractivity contribution in [3.8, 4) is 0 Å². The number of piperidine rings is 1. The van der Waals surface area contributed by atoms with E-state index in [1.807, 2.05) is 30.0 Å². The Balaban J connectivity index is 1.29. The summed E-state index contributed by atoms with van der Waals surface area (Å²) in [5.41, 5.74) is 1.09. The normalized spacial score (nSPS) is 16.9. The summed E-state index contributed by atoms with van der Waals surface area (Å²) in [6.07, 6.45) is 3.63. The fourth-order valence-corrected chi connectivity index (χ4v) is 4.57. The molecule has 136 valence electrons. The van der Waals surface area contributed by atoms with Crippen LogP contribution in [0.25, 0.3) is 10.2 Å². The van der Waals surface area contributed by atoms with E-state index < -0.39 is 0 Å². The summed E-state index contributed by atoms with van der Waals surface area (Å²) in [6.45, 7) is 3.95. The first-order chi connectivity index (χ1) is 12.7. The molecule has 5 nitrogen and oxygen atoms in total. The quantitative estimate of drug-likeness (QED) is 0.740. The minimum Gasteiger partial charge on any atom is -0.468 e. The van der Waals surface area contributed by atoms with E-state index >= 15 is 0 Å². The predicted octanol–water partition coefficient (Wildman–Crippen LogP) is 3.95. The number of rotatable bonds is 5. The predicted molar refractivity (Wildman–Crippen MR) is 103 cm³/mol. The molecule has 0 radical (unpaired) electrons. The van der Waals surface area contributed by atoms with E-state index in [4.69, 9.17) is 9.40 Å². The van der Waals surface area contributed by atoms with Gasteiger partial charge < -0.3 is 9.32 Å². The highest BCUT2D eigenvalue weighted by molar-refractivity contribution is 7.18. The molecule has 0 unspecified atom stereocenters. The minimum atomic E-state index is 0.0363. The Hall–Kier alpha value is -2.18. The smallest absolute Gasteiger partial charge is 0.236 e. The van der Waals surface area contributed by atoms with Crippen molar-refractivity contribution in [2.75, 3.05) is 19.6 Å². The molecule has 4 rings (SSSR count). The number of amides is 1. The van der Waals surface area contributed by atoms with E-state index in [-0.39, 0.29) is 11.9 Å². The Labute approximate surface area is 157 Å². The van der Waals surface area contributed by atoms with Crippen molar-refractivity contribution in [2.24, 2.45) is 0 Å². The van der Waals surface area contributed by atoms with Crippen LogP contribution in [0.4, 0.5) is 0 Å². The van der Waals surface area contributed by atoms with Crippen molar-refractivity contribution in [1.82, 2.24) is 15.2 Å². The van der Waals surface area contributed by atoms with Gasteiger partial charge in [-0.2, -0.15) is 0 Å².